The summed E-state index contributed by atoms with van der Waals surface area (Å²) in [5.41, 5.74) is 0.792. The van der Waals surface area contributed by atoms with Crippen molar-refractivity contribution < 1.29 is 4.79 Å². The normalized spacial score (nSPS) is 17.7. The predicted octanol–water partition coefficient (Wildman–Crippen LogP) is 2.64. The SMILES string of the molecule is O=C(c1ccccc1I)N1CCN(c2ccnc(N3CCCC3)n2)CC1. The Bertz CT molecular complexity index is 785. The minimum atomic E-state index is 0.120. The summed E-state index contributed by atoms with van der Waals surface area (Å²) >= 11 is 2.23. The van der Waals surface area contributed by atoms with E-state index in [1.54, 1.807) is 0 Å². The summed E-state index contributed by atoms with van der Waals surface area (Å²) in [7, 11) is 0. The number of carbonyl (C=O) groups is 1. The van der Waals surface area contributed by atoms with Crippen LogP contribution in [0.1, 0.15) is 23.2 Å². The Kier molecular flexibility index (Phi) is 5.23. The van der Waals surface area contributed by atoms with Crippen molar-refractivity contribution in [1.82, 2.24) is 14.9 Å². The van der Waals surface area contributed by atoms with E-state index in [0.717, 1.165) is 47.1 Å². The second-order valence-corrected chi connectivity index (χ2v) is 7.83. The fraction of sp³-hybridized carbons (Fsp3) is 0.421. The zero-order valence-electron chi connectivity index (χ0n) is 14.6. The maximum absolute atomic E-state index is 12.8. The monoisotopic (exact) mass is 463 g/mol. The quantitative estimate of drug-likeness (QED) is 0.656. The van der Waals surface area contributed by atoms with E-state index in [2.05, 4.69) is 37.4 Å². The summed E-state index contributed by atoms with van der Waals surface area (Å²) < 4.78 is 1.00. The number of amides is 1. The van der Waals surface area contributed by atoms with Crippen LogP contribution in [0.5, 0.6) is 0 Å². The van der Waals surface area contributed by atoms with Crippen LogP contribution in [0.3, 0.4) is 0 Å². The minimum absolute atomic E-state index is 0.120. The topological polar surface area (TPSA) is 52.6 Å². The highest BCUT2D eigenvalue weighted by Gasteiger charge is 2.24. The molecule has 0 aliphatic carbocycles. The van der Waals surface area contributed by atoms with Gasteiger partial charge in [-0.05, 0) is 53.6 Å². The van der Waals surface area contributed by atoms with Crippen LogP contribution in [0.4, 0.5) is 11.8 Å². The summed E-state index contributed by atoms with van der Waals surface area (Å²) in [5, 5.41) is 0. The van der Waals surface area contributed by atoms with E-state index >= 15 is 0 Å². The lowest BCUT2D eigenvalue weighted by atomic mass is 10.2. The first-order valence-corrected chi connectivity index (χ1v) is 10.2. The van der Waals surface area contributed by atoms with Crippen molar-refractivity contribution in [3.05, 3.63) is 45.7 Å². The Balaban J connectivity index is 1.41. The Labute approximate surface area is 167 Å². The molecule has 6 nitrogen and oxygen atoms in total. The van der Waals surface area contributed by atoms with Crippen molar-refractivity contribution in [3.8, 4) is 0 Å². The lowest BCUT2D eigenvalue weighted by Gasteiger charge is -2.35. The Morgan fingerprint density at radius 1 is 0.923 bits per heavy atom. The first-order valence-electron chi connectivity index (χ1n) is 9.09. The molecule has 2 aliphatic heterocycles. The Morgan fingerprint density at radius 2 is 1.65 bits per heavy atom. The maximum Gasteiger partial charge on any atom is 0.255 e. The number of anilines is 2. The lowest BCUT2D eigenvalue weighted by Crippen LogP contribution is -2.49. The molecule has 0 N–H and O–H groups in total. The molecule has 0 atom stereocenters. The summed E-state index contributed by atoms with van der Waals surface area (Å²) in [5.74, 6) is 1.91. The number of aromatic nitrogens is 2. The minimum Gasteiger partial charge on any atom is -0.353 e. The van der Waals surface area contributed by atoms with Crippen molar-refractivity contribution >= 4 is 40.3 Å². The standard InChI is InChI=1S/C19H22IN5O/c20-16-6-2-1-5-15(16)18(26)24-13-11-23(12-14-24)17-7-8-21-19(22-17)25-9-3-4-10-25/h1-2,5-8H,3-4,9-14H2. The first-order chi connectivity index (χ1) is 12.7. The van der Waals surface area contributed by atoms with Gasteiger partial charge in [0, 0.05) is 49.0 Å². The molecule has 4 rings (SSSR count). The number of hydrogen-bond donors (Lipinski definition) is 0. The van der Waals surface area contributed by atoms with Crippen LogP contribution >= 0.6 is 22.6 Å². The van der Waals surface area contributed by atoms with Gasteiger partial charge < -0.3 is 14.7 Å². The molecule has 1 aromatic carbocycles. The second kappa shape index (κ2) is 7.77. The highest BCUT2D eigenvalue weighted by Crippen LogP contribution is 2.21. The van der Waals surface area contributed by atoms with Gasteiger partial charge in [-0.3, -0.25) is 4.79 Å². The third kappa shape index (κ3) is 3.62. The molecular formula is C19H22IN5O. The number of hydrogen-bond acceptors (Lipinski definition) is 5. The first kappa shape index (κ1) is 17.5. The second-order valence-electron chi connectivity index (χ2n) is 6.67. The molecule has 2 aliphatic rings. The molecule has 3 heterocycles. The molecule has 1 aromatic heterocycles. The number of rotatable bonds is 3. The zero-order valence-corrected chi connectivity index (χ0v) is 16.8. The molecule has 2 fully saturated rings. The Hall–Kier alpha value is -1.90. The van der Waals surface area contributed by atoms with Gasteiger partial charge >= 0.3 is 0 Å². The summed E-state index contributed by atoms with van der Waals surface area (Å²) in [6.07, 6.45) is 4.28. The van der Waals surface area contributed by atoms with Gasteiger partial charge in [-0.1, -0.05) is 12.1 Å². The molecule has 2 aromatic rings. The van der Waals surface area contributed by atoms with Crippen LogP contribution in [0, 0.1) is 3.57 Å². The van der Waals surface area contributed by atoms with Crippen LogP contribution < -0.4 is 9.80 Å². The maximum atomic E-state index is 12.8. The highest BCUT2D eigenvalue weighted by molar-refractivity contribution is 14.1. The number of piperazine rings is 1. The van der Waals surface area contributed by atoms with E-state index in [1.165, 1.54) is 12.8 Å². The van der Waals surface area contributed by atoms with Crippen LogP contribution in [0.15, 0.2) is 36.5 Å². The number of halogens is 1. The van der Waals surface area contributed by atoms with E-state index in [4.69, 9.17) is 4.98 Å². The highest BCUT2D eigenvalue weighted by atomic mass is 127. The smallest absolute Gasteiger partial charge is 0.255 e. The number of benzene rings is 1. The van der Waals surface area contributed by atoms with Gasteiger partial charge in [0.25, 0.3) is 5.91 Å². The van der Waals surface area contributed by atoms with Gasteiger partial charge in [-0.25, -0.2) is 4.98 Å². The molecule has 0 radical (unpaired) electrons. The van der Waals surface area contributed by atoms with E-state index in [0.29, 0.717) is 13.1 Å². The molecule has 136 valence electrons. The van der Waals surface area contributed by atoms with E-state index < -0.39 is 0 Å². The van der Waals surface area contributed by atoms with Crippen LogP contribution in [-0.4, -0.2) is 60.0 Å². The summed E-state index contributed by atoms with van der Waals surface area (Å²) in [6.45, 7) is 5.11. The van der Waals surface area contributed by atoms with Crippen LogP contribution in [0.25, 0.3) is 0 Å². The largest absolute Gasteiger partial charge is 0.353 e. The van der Waals surface area contributed by atoms with Crippen molar-refractivity contribution in [2.24, 2.45) is 0 Å². The molecule has 0 spiro atoms. The lowest BCUT2D eigenvalue weighted by molar-refractivity contribution is 0.0745. The molecular weight excluding hydrogens is 441 g/mol. The van der Waals surface area contributed by atoms with E-state index in [-0.39, 0.29) is 5.91 Å². The summed E-state index contributed by atoms with van der Waals surface area (Å²) in [6, 6.07) is 9.74. The van der Waals surface area contributed by atoms with E-state index in [9.17, 15) is 4.79 Å². The fourth-order valence-electron chi connectivity index (χ4n) is 3.53. The molecule has 0 bridgehead atoms. The number of nitrogens with zero attached hydrogens (tertiary/aromatic N) is 5. The average Bonchev–Trinajstić information content (AvgIpc) is 3.23. The van der Waals surface area contributed by atoms with Crippen molar-refractivity contribution in [3.63, 3.8) is 0 Å². The third-order valence-corrected chi connectivity index (χ3v) is 5.95. The average molecular weight is 463 g/mol. The van der Waals surface area contributed by atoms with Gasteiger partial charge in [-0.2, -0.15) is 4.98 Å². The molecule has 1 amide bonds. The zero-order chi connectivity index (χ0) is 17.9. The van der Waals surface area contributed by atoms with Crippen molar-refractivity contribution in [2.75, 3.05) is 49.1 Å². The molecule has 2 saturated heterocycles. The third-order valence-electron chi connectivity index (χ3n) is 5.01. The van der Waals surface area contributed by atoms with Crippen molar-refractivity contribution in [1.29, 1.82) is 0 Å². The molecule has 0 saturated carbocycles. The van der Waals surface area contributed by atoms with E-state index in [1.807, 2.05) is 41.4 Å². The predicted molar refractivity (Wildman–Crippen MR) is 111 cm³/mol. The van der Waals surface area contributed by atoms with Crippen LogP contribution in [-0.2, 0) is 0 Å². The molecule has 0 unspecified atom stereocenters. The molecule has 26 heavy (non-hydrogen) atoms. The number of carbonyl (C=O) groups excluding carboxylic acids is 1. The fourth-order valence-corrected chi connectivity index (χ4v) is 4.15. The van der Waals surface area contributed by atoms with Gasteiger partial charge in [0.1, 0.15) is 5.82 Å². The van der Waals surface area contributed by atoms with Gasteiger partial charge in [0.15, 0.2) is 0 Å². The summed E-state index contributed by atoms with van der Waals surface area (Å²) in [4.78, 5) is 28.4. The van der Waals surface area contributed by atoms with Crippen LogP contribution in [0.2, 0.25) is 0 Å². The van der Waals surface area contributed by atoms with Gasteiger partial charge in [0.05, 0.1) is 5.56 Å². The van der Waals surface area contributed by atoms with Gasteiger partial charge in [0.2, 0.25) is 5.95 Å². The van der Waals surface area contributed by atoms with Crippen molar-refractivity contribution in [2.45, 2.75) is 12.8 Å². The molecule has 7 heteroatoms. The Morgan fingerprint density at radius 3 is 2.38 bits per heavy atom. The van der Waals surface area contributed by atoms with Gasteiger partial charge in [-0.15, -0.1) is 0 Å².